The summed E-state index contributed by atoms with van der Waals surface area (Å²) in [5.74, 6) is 1.05. The number of carbonyl (C=O) groups is 1. The molecule has 1 atom stereocenters. The van der Waals surface area contributed by atoms with Gasteiger partial charge in [0.25, 0.3) is 0 Å². The van der Waals surface area contributed by atoms with Crippen molar-refractivity contribution in [3.05, 3.63) is 54.1 Å². The lowest BCUT2D eigenvalue weighted by atomic mass is 10.2. The van der Waals surface area contributed by atoms with Crippen LogP contribution in [0.1, 0.15) is 5.56 Å². The second-order valence-corrected chi connectivity index (χ2v) is 8.20. The highest BCUT2D eigenvalue weighted by molar-refractivity contribution is 7.99. The molecule has 1 aromatic heterocycles. The van der Waals surface area contributed by atoms with Crippen LogP contribution in [0.2, 0.25) is 0 Å². The van der Waals surface area contributed by atoms with Gasteiger partial charge in [0.1, 0.15) is 5.75 Å². The average Bonchev–Trinajstić information content (AvgIpc) is 3.19. The predicted molar refractivity (Wildman–Crippen MR) is 118 cm³/mol. The molecule has 0 aliphatic carbocycles. The topological polar surface area (TPSA) is 79.5 Å². The summed E-state index contributed by atoms with van der Waals surface area (Å²) in [5.41, 5.74) is 3.04. The van der Waals surface area contributed by atoms with Crippen molar-refractivity contribution in [2.24, 2.45) is 0 Å². The summed E-state index contributed by atoms with van der Waals surface area (Å²) in [6, 6.07) is 16.1. The Balaban J connectivity index is 1.21. The molecule has 3 aromatic rings. The molecule has 7 nitrogen and oxygen atoms in total. The number of rotatable bonds is 8. The number of thioether (sulfide) groups is 1. The van der Waals surface area contributed by atoms with E-state index in [2.05, 4.69) is 44.5 Å². The summed E-state index contributed by atoms with van der Waals surface area (Å²) < 4.78 is 11.1. The summed E-state index contributed by atoms with van der Waals surface area (Å²) in [7, 11) is 1.63. The van der Waals surface area contributed by atoms with Crippen molar-refractivity contribution < 1.29 is 14.3 Å². The molecule has 1 aliphatic heterocycles. The summed E-state index contributed by atoms with van der Waals surface area (Å²) in [6.07, 6.45) is 0.00933. The molecule has 1 aliphatic rings. The smallest absolute Gasteiger partial charge is 0.230 e. The lowest BCUT2D eigenvalue weighted by Gasteiger charge is -2.33. The van der Waals surface area contributed by atoms with Gasteiger partial charge in [0.15, 0.2) is 5.16 Å². The number of aromatic nitrogens is 2. The molecule has 0 saturated carbocycles. The molecule has 1 fully saturated rings. The van der Waals surface area contributed by atoms with Crippen molar-refractivity contribution in [1.82, 2.24) is 20.2 Å². The zero-order valence-corrected chi connectivity index (χ0v) is 17.8. The van der Waals surface area contributed by atoms with Crippen molar-refractivity contribution in [3.8, 4) is 5.75 Å². The zero-order valence-electron chi connectivity index (χ0n) is 17.0. The monoisotopic (exact) mass is 426 g/mol. The van der Waals surface area contributed by atoms with Gasteiger partial charge in [0.05, 0.1) is 36.6 Å². The quantitative estimate of drug-likeness (QED) is 0.539. The molecule has 8 heteroatoms. The minimum atomic E-state index is -0.0261. The Morgan fingerprint density at radius 3 is 3.03 bits per heavy atom. The van der Waals surface area contributed by atoms with Gasteiger partial charge in [-0.3, -0.25) is 9.69 Å². The highest BCUT2D eigenvalue weighted by atomic mass is 32.2. The van der Waals surface area contributed by atoms with Crippen LogP contribution >= 0.6 is 11.8 Å². The minimum absolute atomic E-state index is 0.00933. The largest absolute Gasteiger partial charge is 0.497 e. The third kappa shape index (κ3) is 5.53. The van der Waals surface area contributed by atoms with Crippen LogP contribution in [0.5, 0.6) is 5.75 Å². The number of hydrogen-bond donors (Lipinski definition) is 2. The summed E-state index contributed by atoms with van der Waals surface area (Å²) in [4.78, 5) is 22.4. The molecule has 158 valence electrons. The third-order valence-electron chi connectivity index (χ3n) is 5.01. The van der Waals surface area contributed by atoms with Gasteiger partial charge in [-0.25, -0.2) is 4.98 Å². The maximum atomic E-state index is 12.3. The number of H-pyrrole nitrogens is 1. The fraction of sp³-hybridized carbons (Fsp3) is 0.364. The fourth-order valence-corrected chi connectivity index (χ4v) is 4.18. The van der Waals surface area contributed by atoms with Crippen molar-refractivity contribution >= 4 is 28.7 Å². The number of amides is 1. The number of nitrogens with one attached hydrogen (secondary N) is 2. The number of morpholine rings is 1. The van der Waals surface area contributed by atoms with Crippen LogP contribution in [0.4, 0.5) is 0 Å². The van der Waals surface area contributed by atoms with Crippen molar-refractivity contribution in [1.29, 1.82) is 0 Å². The number of fused-ring (bicyclic) bond motifs is 1. The van der Waals surface area contributed by atoms with Crippen molar-refractivity contribution in [2.45, 2.75) is 17.8 Å². The van der Waals surface area contributed by atoms with E-state index in [1.54, 1.807) is 7.11 Å². The Morgan fingerprint density at radius 2 is 2.20 bits per heavy atom. The number of nitrogens with zero attached hydrogens (tertiary/aromatic N) is 2. The van der Waals surface area contributed by atoms with Crippen molar-refractivity contribution in [2.75, 3.05) is 39.1 Å². The van der Waals surface area contributed by atoms with Gasteiger partial charge in [0, 0.05) is 32.2 Å². The van der Waals surface area contributed by atoms with Gasteiger partial charge in [-0.15, -0.1) is 0 Å². The molecule has 4 rings (SSSR count). The van der Waals surface area contributed by atoms with E-state index in [0.717, 1.165) is 41.6 Å². The van der Waals surface area contributed by atoms with Crippen LogP contribution in [-0.4, -0.2) is 66.0 Å². The van der Waals surface area contributed by atoms with Crippen LogP contribution in [0.3, 0.4) is 0 Å². The first-order valence-electron chi connectivity index (χ1n) is 10.0. The Hall–Kier alpha value is -2.55. The number of carbonyl (C=O) groups excluding carboxylic acids is 1. The van der Waals surface area contributed by atoms with Gasteiger partial charge < -0.3 is 19.8 Å². The lowest BCUT2D eigenvalue weighted by molar-refractivity contribution is -0.119. The van der Waals surface area contributed by atoms with Crippen LogP contribution in [-0.2, 0) is 16.1 Å². The molecule has 2 aromatic carbocycles. The molecule has 0 spiro atoms. The highest BCUT2D eigenvalue weighted by Crippen LogP contribution is 2.23. The normalized spacial score (nSPS) is 17.2. The summed E-state index contributed by atoms with van der Waals surface area (Å²) in [5, 5.41) is 3.70. The predicted octanol–water partition coefficient (Wildman–Crippen LogP) is 2.68. The molecule has 0 radical (unpaired) electrons. The Morgan fingerprint density at radius 1 is 1.33 bits per heavy atom. The van der Waals surface area contributed by atoms with E-state index in [1.165, 1.54) is 17.3 Å². The second-order valence-electron chi connectivity index (χ2n) is 7.23. The van der Waals surface area contributed by atoms with Gasteiger partial charge >= 0.3 is 0 Å². The van der Waals surface area contributed by atoms with Crippen LogP contribution in [0.15, 0.2) is 53.7 Å². The number of imidazole rings is 1. The molecule has 2 heterocycles. The van der Waals surface area contributed by atoms with E-state index >= 15 is 0 Å². The van der Waals surface area contributed by atoms with Crippen LogP contribution in [0.25, 0.3) is 11.0 Å². The van der Waals surface area contributed by atoms with E-state index in [0.29, 0.717) is 18.9 Å². The first kappa shape index (κ1) is 20.7. The maximum Gasteiger partial charge on any atom is 0.230 e. The number of benzene rings is 2. The number of methoxy groups -OCH3 is 1. The molecule has 0 bridgehead atoms. The van der Waals surface area contributed by atoms with Gasteiger partial charge in [-0.1, -0.05) is 42.1 Å². The second kappa shape index (κ2) is 9.97. The number of ether oxygens (including phenoxy) is 2. The maximum absolute atomic E-state index is 12.3. The van der Waals surface area contributed by atoms with E-state index < -0.39 is 0 Å². The first-order chi connectivity index (χ1) is 14.7. The molecule has 30 heavy (non-hydrogen) atoms. The summed E-state index contributed by atoms with van der Waals surface area (Å²) in [6.45, 7) is 3.83. The average molecular weight is 427 g/mol. The molecule has 2 N–H and O–H groups in total. The third-order valence-corrected chi connectivity index (χ3v) is 5.88. The SMILES string of the molecule is COc1ccc2nc(SCC(=O)NCC3CN(Cc4ccccc4)CCO3)[nH]c2c1. The van der Waals surface area contributed by atoms with Crippen LogP contribution < -0.4 is 10.1 Å². The Labute approximate surface area is 180 Å². The van der Waals surface area contributed by atoms with Gasteiger partial charge in [-0.05, 0) is 17.7 Å². The number of hydrogen-bond acceptors (Lipinski definition) is 6. The van der Waals surface area contributed by atoms with E-state index in [1.807, 2.05) is 24.3 Å². The standard InChI is InChI=1S/C22H26N4O3S/c1-28-17-7-8-19-20(11-17)25-22(24-19)30-15-21(27)23-12-18-14-26(9-10-29-18)13-16-5-3-2-4-6-16/h2-8,11,18H,9-10,12-15H2,1H3,(H,23,27)(H,24,25). The summed E-state index contributed by atoms with van der Waals surface area (Å²) >= 11 is 1.39. The van der Waals surface area contributed by atoms with E-state index in [4.69, 9.17) is 9.47 Å². The van der Waals surface area contributed by atoms with Gasteiger partial charge in [-0.2, -0.15) is 0 Å². The van der Waals surface area contributed by atoms with E-state index in [-0.39, 0.29) is 12.0 Å². The molecule has 1 saturated heterocycles. The fourth-order valence-electron chi connectivity index (χ4n) is 3.46. The van der Waals surface area contributed by atoms with Gasteiger partial charge in [0.2, 0.25) is 5.91 Å². The highest BCUT2D eigenvalue weighted by Gasteiger charge is 2.21. The minimum Gasteiger partial charge on any atom is -0.497 e. The molecular weight excluding hydrogens is 400 g/mol. The van der Waals surface area contributed by atoms with E-state index in [9.17, 15) is 4.79 Å². The first-order valence-corrected chi connectivity index (χ1v) is 11.0. The zero-order chi connectivity index (χ0) is 20.8. The van der Waals surface area contributed by atoms with Crippen molar-refractivity contribution in [3.63, 3.8) is 0 Å². The molecule has 1 unspecified atom stereocenters. The van der Waals surface area contributed by atoms with Crippen LogP contribution in [0, 0.1) is 0 Å². The Kier molecular flexibility index (Phi) is 6.88. The molecule has 1 amide bonds. The molecular formula is C22H26N4O3S. The number of aromatic amines is 1. The lowest BCUT2D eigenvalue weighted by Crippen LogP contribution is -2.47. The Bertz CT molecular complexity index is 979.